The summed E-state index contributed by atoms with van der Waals surface area (Å²) in [6.45, 7) is 0. The Bertz CT molecular complexity index is 523. The summed E-state index contributed by atoms with van der Waals surface area (Å²) in [5, 5.41) is 8.38. The van der Waals surface area contributed by atoms with Gasteiger partial charge in [-0.05, 0) is 24.3 Å². The standard InChI is InChI=1S/C12H13ClN4S/c13-10-2-1-3-11(16-9-4-5-18-6-9)12(10)17-8-14-7-15-17/h1-3,7-9,16H,4-6H2. The molecule has 94 valence electrons. The minimum atomic E-state index is 0.510. The molecule has 1 aliphatic heterocycles. The number of benzene rings is 1. The molecule has 1 fully saturated rings. The Labute approximate surface area is 115 Å². The number of anilines is 1. The Morgan fingerprint density at radius 3 is 3.11 bits per heavy atom. The van der Waals surface area contributed by atoms with Crippen LogP contribution in [0.15, 0.2) is 30.9 Å². The van der Waals surface area contributed by atoms with Crippen LogP contribution in [0.3, 0.4) is 0 Å². The number of thioether (sulfide) groups is 1. The summed E-state index contributed by atoms with van der Waals surface area (Å²) in [5.74, 6) is 2.36. The number of para-hydroxylation sites is 1. The lowest BCUT2D eigenvalue weighted by Crippen LogP contribution is -2.19. The molecule has 0 saturated carbocycles. The van der Waals surface area contributed by atoms with Crippen LogP contribution in [-0.4, -0.2) is 32.3 Å². The van der Waals surface area contributed by atoms with Gasteiger partial charge >= 0.3 is 0 Å². The molecule has 0 radical (unpaired) electrons. The Morgan fingerprint density at radius 2 is 2.39 bits per heavy atom. The van der Waals surface area contributed by atoms with Crippen molar-refractivity contribution in [2.45, 2.75) is 12.5 Å². The van der Waals surface area contributed by atoms with Crippen LogP contribution in [0.1, 0.15) is 6.42 Å². The summed E-state index contributed by atoms with van der Waals surface area (Å²) in [5.41, 5.74) is 1.88. The summed E-state index contributed by atoms with van der Waals surface area (Å²) in [6, 6.07) is 6.36. The molecule has 0 amide bonds. The zero-order valence-corrected chi connectivity index (χ0v) is 11.3. The van der Waals surface area contributed by atoms with Crippen molar-refractivity contribution < 1.29 is 0 Å². The van der Waals surface area contributed by atoms with Gasteiger partial charge in [0.15, 0.2) is 0 Å². The monoisotopic (exact) mass is 280 g/mol. The van der Waals surface area contributed by atoms with Gasteiger partial charge in [0.25, 0.3) is 0 Å². The van der Waals surface area contributed by atoms with Gasteiger partial charge in [0.2, 0.25) is 0 Å². The van der Waals surface area contributed by atoms with E-state index in [1.54, 1.807) is 11.0 Å². The minimum absolute atomic E-state index is 0.510. The summed E-state index contributed by atoms with van der Waals surface area (Å²) in [6.07, 6.45) is 4.36. The van der Waals surface area contributed by atoms with Gasteiger partial charge in [-0.2, -0.15) is 16.9 Å². The third kappa shape index (κ3) is 2.33. The SMILES string of the molecule is Clc1cccc(NC2CCSC2)c1-n1cncn1. The first-order valence-corrected chi connectivity index (χ1v) is 7.35. The van der Waals surface area contributed by atoms with E-state index in [0.717, 1.165) is 17.1 Å². The predicted molar refractivity (Wildman–Crippen MR) is 75.7 cm³/mol. The lowest BCUT2D eigenvalue weighted by Gasteiger charge is -2.17. The Morgan fingerprint density at radius 1 is 1.44 bits per heavy atom. The molecule has 6 heteroatoms. The van der Waals surface area contributed by atoms with E-state index in [2.05, 4.69) is 15.4 Å². The fourth-order valence-corrected chi connectivity index (χ4v) is 3.47. The smallest absolute Gasteiger partial charge is 0.138 e. The molecule has 1 N–H and O–H groups in total. The van der Waals surface area contributed by atoms with E-state index >= 15 is 0 Å². The first kappa shape index (κ1) is 11.9. The molecule has 1 unspecified atom stereocenters. The van der Waals surface area contributed by atoms with E-state index in [-0.39, 0.29) is 0 Å². The zero-order chi connectivity index (χ0) is 12.4. The maximum atomic E-state index is 6.27. The second kappa shape index (κ2) is 5.20. The predicted octanol–water partition coefficient (Wildman–Crippen LogP) is 2.84. The normalized spacial score (nSPS) is 19.1. The second-order valence-electron chi connectivity index (χ2n) is 4.18. The maximum Gasteiger partial charge on any atom is 0.138 e. The largest absolute Gasteiger partial charge is 0.380 e. The average molecular weight is 281 g/mol. The topological polar surface area (TPSA) is 42.7 Å². The molecule has 1 atom stereocenters. The molecule has 0 bridgehead atoms. The molecule has 1 aromatic carbocycles. The molecular formula is C12H13ClN4S. The third-order valence-corrected chi connectivity index (χ3v) is 4.39. The van der Waals surface area contributed by atoms with Gasteiger partial charge in [-0.25, -0.2) is 9.67 Å². The molecule has 2 aromatic rings. The number of halogens is 1. The number of aromatic nitrogens is 3. The minimum Gasteiger partial charge on any atom is -0.380 e. The first-order chi connectivity index (χ1) is 8.84. The molecule has 1 saturated heterocycles. The summed E-state index contributed by atoms with van der Waals surface area (Å²) >= 11 is 8.25. The van der Waals surface area contributed by atoms with Crippen LogP contribution >= 0.6 is 23.4 Å². The molecule has 18 heavy (non-hydrogen) atoms. The van der Waals surface area contributed by atoms with Crippen molar-refractivity contribution in [3.05, 3.63) is 35.9 Å². The van der Waals surface area contributed by atoms with Crippen LogP contribution in [0.5, 0.6) is 0 Å². The van der Waals surface area contributed by atoms with Crippen LogP contribution in [0.4, 0.5) is 5.69 Å². The molecule has 0 aliphatic carbocycles. The fraction of sp³-hybridized carbons (Fsp3) is 0.333. The van der Waals surface area contributed by atoms with Crippen LogP contribution in [0.25, 0.3) is 5.69 Å². The molecule has 0 spiro atoms. The highest BCUT2D eigenvalue weighted by Gasteiger charge is 2.18. The number of nitrogens with one attached hydrogen (secondary N) is 1. The first-order valence-electron chi connectivity index (χ1n) is 5.82. The molecular weight excluding hydrogens is 268 g/mol. The lowest BCUT2D eigenvalue weighted by atomic mass is 10.2. The summed E-state index contributed by atoms with van der Waals surface area (Å²) in [4.78, 5) is 3.97. The van der Waals surface area contributed by atoms with Crippen LogP contribution in [0.2, 0.25) is 5.02 Å². The van der Waals surface area contributed by atoms with Crippen molar-refractivity contribution >= 4 is 29.1 Å². The van der Waals surface area contributed by atoms with E-state index in [0.29, 0.717) is 11.1 Å². The second-order valence-corrected chi connectivity index (χ2v) is 5.74. The Hall–Kier alpha value is -1.20. The van der Waals surface area contributed by atoms with Gasteiger partial charge in [-0.15, -0.1) is 0 Å². The lowest BCUT2D eigenvalue weighted by molar-refractivity contribution is 0.805. The summed E-state index contributed by atoms with van der Waals surface area (Å²) < 4.78 is 1.70. The number of nitrogens with zero attached hydrogens (tertiary/aromatic N) is 3. The number of rotatable bonds is 3. The van der Waals surface area contributed by atoms with E-state index in [1.165, 1.54) is 18.5 Å². The molecule has 2 heterocycles. The van der Waals surface area contributed by atoms with Gasteiger partial charge in [0.1, 0.15) is 18.3 Å². The van der Waals surface area contributed by atoms with Crippen LogP contribution in [-0.2, 0) is 0 Å². The van der Waals surface area contributed by atoms with Crippen molar-refractivity contribution in [2.24, 2.45) is 0 Å². The van der Waals surface area contributed by atoms with Crippen LogP contribution < -0.4 is 5.32 Å². The summed E-state index contributed by atoms with van der Waals surface area (Å²) in [7, 11) is 0. The maximum absolute atomic E-state index is 6.27. The fourth-order valence-electron chi connectivity index (χ4n) is 2.06. The van der Waals surface area contributed by atoms with Crippen molar-refractivity contribution in [3.8, 4) is 5.69 Å². The molecule has 1 aliphatic rings. The highest BCUT2D eigenvalue weighted by molar-refractivity contribution is 7.99. The van der Waals surface area contributed by atoms with E-state index in [9.17, 15) is 0 Å². The van der Waals surface area contributed by atoms with Gasteiger partial charge in [0.05, 0.1) is 10.7 Å². The van der Waals surface area contributed by atoms with Gasteiger partial charge in [-0.1, -0.05) is 17.7 Å². The number of hydrogen-bond acceptors (Lipinski definition) is 4. The van der Waals surface area contributed by atoms with Crippen molar-refractivity contribution in [3.63, 3.8) is 0 Å². The van der Waals surface area contributed by atoms with Gasteiger partial charge < -0.3 is 5.32 Å². The Kier molecular flexibility index (Phi) is 3.43. The van der Waals surface area contributed by atoms with Crippen molar-refractivity contribution in [1.82, 2.24) is 14.8 Å². The van der Waals surface area contributed by atoms with E-state index in [4.69, 9.17) is 11.6 Å². The van der Waals surface area contributed by atoms with E-state index in [1.807, 2.05) is 30.0 Å². The van der Waals surface area contributed by atoms with Crippen molar-refractivity contribution in [2.75, 3.05) is 16.8 Å². The third-order valence-electron chi connectivity index (χ3n) is 2.92. The van der Waals surface area contributed by atoms with E-state index < -0.39 is 0 Å². The number of hydrogen-bond donors (Lipinski definition) is 1. The van der Waals surface area contributed by atoms with Gasteiger partial charge in [0, 0.05) is 11.8 Å². The molecule has 4 nitrogen and oxygen atoms in total. The Balaban J connectivity index is 1.95. The van der Waals surface area contributed by atoms with Crippen molar-refractivity contribution in [1.29, 1.82) is 0 Å². The van der Waals surface area contributed by atoms with Gasteiger partial charge in [-0.3, -0.25) is 0 Å². The highest BCUT2D eigenvalue weighted by Crippen LogP contribution is 2.30. The molecule has 3 rings (SSSR count). The zero-order valence-electron chi connectivity index (χ0n) is 9.71. The highest BCUT2D eigenvalue weighted by atomic mass is 35.5. The molecule has 1 aromatic heterocycles. The average Bonchev–Trinajstić information content (AvgIpc) is 3.01. The quantitative estimate of drug-likeness (QED) is 0.939. The van der Waals surface area contributed by atoms with Crippen LogP contribution in [0, 0.1) is 0 Å².